The van der Waals surface area contributed by atoms with Gasteiger partial charge in [0.25, 0.3) is 0 Å². The molecule has 1 fully saturated rings. The Hall–Kier alpha value is -0.610. The Balaban J connectivity index is 2.27. The number of hydrogen-bond acceptors (Lipinski definition) is 3. The van der Waals surface area contributed by atoms with E-state index in [0.717, 1.165) is 39.1 Å². The van der Waals surface area contributed by atoms with E-state index in [1.807, 2.05) is 11.9 Å². The van der Waals surface area contributed by atoms with Gasteiger partial charge in [-0.05, 0) is 13.0 Å². The molecule has 0 radical (unpaired) electrons. The van der Waals surface area contributed by atoms with E-state index >= 15 is 0 Å². The molecule has 82 valence electrons. The highest BCUT2D eigenvalue weighted by molar-refractivity contribution is 5.78. The second-order valence-corrected chi connectivity index (χ2v) is 3.80. The molecule has 1 amide bonds. The molecule has 1 aliphatic rings. The van der Waals surface area contributed by atoms with Crippen molar-refractivity contribution in [1.82, 2.24) is 15.1 Å². The minimum atomic E-state index is 0.249. The topological polar surface area (TPSA) is 35.6 Å². The number of nitrogens with one attached hydrogen (secondary N) is 1. The second-order valence-electron chi connectivity index (χ2n) is 3.80. The van der Waals surface area contributed by atoms with Crippen molar-refractivity contribution in [2.45, 2.75) is 13.3 Å². The van der Waals surface area contributed by atoms with E-state index in [9.17, 15) is 4.79 Å². The zero-order valence-electron chi connectivity index (χ0n) is 9.25. The summed E-state index contributed by atoms with van der Waals surface area (Å²) in [7, 11) is 1.89. The summed E-state index contributed by atoms with van der Waals surface area (Å²) in [5.41, 5.74) is 0. The van der Waals surface area contributed by atoms with E-state index in [1.165, 1.54) is 0 Å². The van der Waals surface area contributed by atoms with E-state index in [-0.39, 0.29) is 5.91 Å². The van der Waals surface area contributed by atoms with Gasteiger partial charge < -0.3 is 10.2 Å². The molecule has 0 unspecified atom stereocenters. The molecule has 4 nitrogen and oxygen atoms in total. The van der Waals surface area contributed by atoms with Crippen LogP contribution >= 0.6 is 0 Å². The van der Waals surface area contributed by atoms with Crippen LogP contribution in [0.15, 0.2) is 0 Å². The van der Waals surface area contributed by atoms with Crippen molar-refractivity contribution < 1.29 is 4.79 Å². The highest BCUT2D eigenvalue weighted by Gasteiger charge is 2.17. The van der Waals surface area contributed by atoms with Gasteiger partial charge >= 0.3 is 0 Å². The van der Waals surface area contributed by atoms with E-state index in [0.29, 0.717) is 6.54 Å². The summed E-state index contributed by atoms with van der Waals surface area (Å²) in [5.74, 6) is 0.249. The number of amides is 1. The van der Waals surface area contributed by atoms with Crippen molar-refractivity contribution in [3.63, 3.8) is 0 Å². The van der Waals surface area contributed by atoms with Crippen LogP contribution in [0.4, 0.5) is 0 Å². The van der Waals surface area contributed by atoms with Crippen molar-refractivity contribution >= 4 is 5.91 Å². The Morgan fingerprint density at radius 2 is 2.21 bits per heavy atom. The molecule has 4 heteroatoms. The van der Waals surface area contributed by atoms with E-state index in [1.54, 1.807) is 0 Å². The third kappa shape index (κ3) is 3.64. The van der Waals surface area contributed by atoms with Gasteiger partial charge in [0.15, 0.2) is 0 Å². The lowest BCUT2D eigenvalue weighted by Gasteiger charge is -2.19. The third-order valence-corrected chi connectivity index (χ3v) is 2.61. The summed E-state index contributed by atoms with van der Waals surface area (Å²) < 4.78 is 0. The van der Waals surface area contributed by atoms with E-state index in [2.05, 4.69) is 17.1 Å². The molecular weight excluding hydrogens is 178 g/mol. The molecule has 1 N–H and O–H groups in total. The SMILES string of the molecule is CCNCCN1CCCN(C)C(=O)C1. The fraction of sp³-hybridized carbons (Fsp3) is 0.900. The number of rotatable bonds is 4. The van der Waals surface area contributed by atoms with Crippen LogP contribution in [0.25, 0.3) is 0 Å². The van der Waals surface area contributed by atoms with Gasteiger partial charge in [0.2, 0.25) is 5.91 Å². The summed E-state index contributed by atoms with van der Waals surface area (Å²) in [4.78, 5) is 15.6. The standard InChI is InChI=1S/C10H21N3O/c1-3-11-5-8-13-7-4-6-12(2)10(14)9-13/h11H,3-9H2,1-2H3. The smallest absolute Gasteiger partial charge is 0.236 e. The van der Waals surface area contributed by atoms with Crippen molar-refractivity contribution in [1.29, 1.82) is 0 Å². The highest BCUT2D eigenvalue weighted by atomic mass is 16.2. The third-order valence-electron chi connectivity index (χ3n) is 2.61. The van der Waals surface area contributed by atoms with Gasteiger partial charge in [0.05, 0.1) is 6.54 Å². The van der Waals surface area contributed by atoms with Crippen molar-refractivity contribution in [2.24, 2.45) is 0 Å². The molecule has 0 aromatic carbocycles. The number of likely N-dealkylation sites (N-methyl/N-ethyl adjacent to an activating group) is 2. The highest BCUT2D eigenvalue weighted by Crippen LogP contribution is 2.01. The summed E-state index contributed by atoms with van der Waals surface area (Å²) in [6.07, 6.45) is 1.09. The van der Waals surface area contributed by atoms with Gasteiger partial charge in [-0.25, -0.2) is 0 Å². The molecule has 1 heterocycles. The first kappa shape index (κ1) is 11.5. The van der Waals surface area contributed by atoms with Crippen LogP contribution in [0.5, 0.6) is 0 Å². The molecule has 1 rings (SSSR count). The molecule has 1 aliphatic heterocycles. The monoisotopic (exact) mass is 199 g/mol. The Labute approximate surface area is 86.2 Å². The van der Waals surface area contributed by atoms with Crippen LogP contribution in [-0.2, 0) is 4.79 Å². The predicted octanol–water partition coefficient (Wildman–Crippen LogP) is -0.240. The number of carbonyl (C=O) groups is 1. The van der Waals surface area contributed by atoms with Gasteiger partial charge in [0, 0.05) is 33.2 Å². The minimum Gasteiger partial charge on any atom is -0.345 e. The van der Waals surface area contributed by atoms with Crippen LogP contribution < -0.4 is 5.32 Å². The zero-order valence-corrected chi connectivity index (χ0v) is 9.25. The maximum Gasteiger partial charge on any atom is 0.236 e. The molecule has 0 spiro atoms. The molecule has 0 saturated carbocycles. The van der Waals surface area contributed by atoms with Crippen LogP contribution in [0.1, 0.15) is 13.3 Å². The normalized spacial score (nSPS) is 19.9. The van der Waals surface area contributed by atoms with E-state index in [4.69, 9.17) is 0 Å². The van der Waals surface area contributed by atoms with Crippen molar-refractivity contribution in [2.75, 3.05) is 46.3 Å². The number of carbonyl (C=O) groups excluding carboxylic acids is 1. The van der Waals surface area contributed by atoms with Gasteiger partial charge in [-0.2, -0.15) is 0 Å². The lowest BCUT2D eigenvalue weighted by Crippen LogP contribution is -2.37. The Bertz CT molecular complexity index is 184. The van der Waals surface area contributed by atoms with Crippen LogP contribution in [0.3, 0.4) is 0 Å². The lowest BCUT2D eigenvalue weighted by molar-refractivity contribution is -0.129. The second kappa shape index (κ2) is 5.98. The largest absolute Gasteiger partial charge is 0.345 e. The van der Waals surface area contributed by atoms with Crippen molar-refractivity contribution in [3.05, 3.63) is 0 Å². The fourth-order valence-electron chi connectivity index (χ4n) is 1.65. The van der Waals surface area contributed by atoms with Gasteiger partial charge in [-0.3, -0.25) is 9.69 Å². The first-order chi connectivity index (χ1) is 6.74. The van der Waals surface area contributed by atoms with Gasteiger partial charge in [-0.15, -0.1) is 0 Å². The molecule has 0 aliphatic carbocycles. The Morgan fingerprint density at radius 1 is 1.43 bits per heavy atom. The molecule has 0 atom stereocenters. The molecule has 1 saturated heterocycles. The van der Waals surface area contributed by atoms with Crippen molar-refractivity contribution in [3.8, 4) is 0 Å². The first-order valence-electron chi connectivity index (χ1n) is 5.41. The summed E-state index contributed by atoms with van der Waals surface area (Å²) in [5, 5.41) is 3.28. The lowest BCUT2D eigenvalue weighted by atomic mass is 10.4. The molecule has 0 aromatic heterocycles. The number of hydrogen-bond donors (Lipinski definition) is 1. The minimum absolute atomic E-state index is 0.249. The number of nitrogens with zero attached hydrogens (tertiary/aromatic N) is 2. The maximum atomic E-state index is 11.5. The molecule has 0 bridgehead atoms. The average molecular weight is 199 g/mol. The van der Waals surface area contributed by atoms with E-state index < -0.39 is 0 Å². The molecule has 0 aromatic rings. The zero-order chi connectivity index (χ0) is 10.4. The van der Waals surface area contributed by atoms with Crippen LogP contribution in [0, 0.1) is 0 Å². The predicted molar refractivity (Wildman–Crippen MR) is 57.2 cm³/mol. The quantitative estimate of drug-likeness (QED) is 0.635. The summed E-state index contributed by atoms with van der Waals surface area (Å²) >= 11 is 0. The van der Waals surface area contributed by atoms with Crippen LogP contribution in [-0.4, -0.2) is 62.0 Å². The molecule has 14 heavy (non-hydrogen) atoms. The fourth-order valence-corrected chi connectivity index (χ4v) is 1.65. The summed E-state index contributed by atoms with van der Waals surface area (Å²) in [6, 6.07) is 0. The first-order valence-corrected chi connectivity index (χ1v) is 5.41. The Morgan fingerprint density at radius 3 is 2.93 bits per heavy atom. The Kier molecular flexibility index (Phi) is 4.90. The van der Waals surface area contributed by atoms with Gasteiger partial charge in [0.1, 0.15) is 0 Å². The molecular formula is C10H21N3O. The summed E-state index contributed by atoms with van der Waals surface area (Å²) in [6.45, 7) is 7.59. The maximum absolute atomic E-state index is 11.5. The van der Waals surface area contributed by atoms with Gasteiger partial charge in [-0.1, -0.05) is 6.92 Å². The average Bonchev–Trinajstić information content (AvgIpc) is 2.31. The van der Waals surface area contributed by atoms with Crippen LogP contribution in [0.2, 0.25) is 0 Å².